The average Bonchev–Trinajstić information content (AvgIpc) is 2.61. The van der Waals surface area contributed by atoms with Gasteiger partial charge >= 0.3 is 0 Å². The number of carbonyl (C=O) groups excluding carboxylic acids is 1. The van der Waals surface area contributed by atoms with Gasteiger partial charge in [-0.25, -0.2) is 9.98 Å². The van der Waals surface area contributed by atoms with Crippen LogP contribution >= 0.6 is 11.8 Å². The highest BCUT2D eigenvalue weighted by Crippen LogP contribution is 2.21. The predicted octanol–water partition coefficient (Wildman–Crippen LogP) is 1.66. The fraction of sp³-hybridized carbons (Fsp3) is 0.300. The summed E-state index contributed by atoms with van der Waals surface area (Å²) in [5.74, 6) is 1.25. The quantitative estimate of drug-likeness (QED) is 0.763. The number of carbonyl (C=O) groups is 1. The van der Waals surface area contributed by atoms with Gasteiger partial charge in [-0.2, -0.15) is 0 Å². The van der Waals surface area contributed by atoms with Crippen LogP contribution in [-0.4, -0.2) is 33.3 Å². The highest BCUT2D eigenvalue weighted by Gasteiger charge is 2.26. The molecule has 0 aliphatic carbocycles. The second kappa shape index (κ2) is 4.44. The number of rotatable bonds is 2. The van der Waals surface area contributed by atoms with Crippen molar-refractivity contribution < 1.29 is 4.79 Å². The molecule has 78 valence electrons. The lowest BCUT2D eigenvalue weighted by Gasteiger charge is -2.11. The Morgan fingerprint density at radius 3 is 3.13 bits per heavy atom. The van der Waals surface area contributed by atoms with Gasteiger partial charge < -0.3 is 0 Å². The number of thioether (sulfide) groups is 1. The summed E-state index contributed by atoms with van der Waals surface area (Å²) in [6.45, 7) is 2.61. The van der Waals surface area contributed by atoms with Crippen LogP contribution in [0.15, 0.2) is 29.4 Å². The monoisotopic (exact) mass is 221 g/mol. The second-order valence-corrected chi connectivity index (χ2v) is 3.95. The number of pyridine rings is 1. The predicted molar refractivity (Wildman–Crippen MR) is 61.2 cm³/mol. The molecule has 0 aromatic carbocycles. The Labute approximate surface area is 92.4 Å². The van der Waals surface area contributed by atoms with E-state index in [1.807, 2.05) is 25.1 Å². The molecule has 1 amide bonds. The molecule has 0 saturated carbocycles. The van der Waals surface area contributed by atoms with Gasteiger partial charge in [0.25, 0.3) is 0 Å². The average molecular weight is 221 g/mol. The molecule has 1 saturated heterocycles. The number of hydrogen-bond donors (Lipinski definition) is 0. The van der Waals surface area contributed by atoms with Gasteiger partial charge in [-0.1, -0.05) is 17.8 Å². The highest BCUT2D eigenvalue weighted by molar-refractivity contribution is 8.15. The zero-order valence-electron chi connectivity index (χ0n) is 8.38. The van der Waals surface area contributed by atoms with E-state index in [1.54, 1.807) is 11.1 Å². The van der Waals surface area contributed by atoms with E-state index in [9.17, 15) is 4.79 Å². The molecule has 0 atom stereocenters. The van der Waals surface area contributed by atoms with Gasteiger partial charge in [-0.3, -0.25) is 9.69 Å². The molecule has 4 nitrogen and oxygen atoms in total. The third-order valence-corrected chi connectivity index (χ3v) is 2.99. The fourth-order valence-corrected chi connectivity index (χ4v) is 2.26. The molecule has 1 aromatic heterocycles. The summed E-state index contributed by atoms with van der Waals surface area (Å²) >= 11 is 1.46. The van der Waals surface area contributed by atoms with E-state index in [2.05, 4.69) is 9.98 Å². The molecule has 2 rings (SSSR count). The van der Waals surface area contributed by atoms with Crippen LogP contribution < -0.4 is 0 Å². The Morgan fingerprint density at radius 1 is 1.60 bits per heavy atom. The van der Waals surface area contributed by atoms with Gasteiger partial charge in [0.2, 0.25) is 5.91 Å². The molecular formula is C10H11N3OS. The third kappa shape index (κ3) is 2.18. The minimum absolute atomic E-state index is 0.122. The van der Waals surface area contributed by atoms with Crippen molar-refractivity contribution in [1.82, 2.24) is 9.88 Å². The molecule has 15 heavy (non-hydrogen) atoms. The molecule has 1 aliphatic heterocycles. The van der Waals surface area contributed by atoms with Gasteiger partial charge in [-0.15, -0.1) is 0 Å². The number of nitrogens with zero attached hydrogens (tertiary/aromatic N) is 3. The summed E-state index contributed by atoms with van der Waals surface area (Å²) in [5.41, 5.74) is 0. The van der Waals surface area contributed by atoms with E-state index in [4.69, 9.17) is 0 Å². The van der Waals surface area contributed by atoms with E-state index >= 15 is 0 Å². The molecule has 0 N–H and O–H groups in total. The zero-order valence-corrected chi connectivity index (χ0v) is 9.20. The summed E-state index contributed by atoms with van der Waals surface area (Å²) in [6.07, 6.45) is 1.69. The van der Waals surface area contributed by atoms with Crippen LogP contribution in [0, 0.1) is 0 Å². The van der Waals surface area contributed by atoms with Gasteiger partial charge in [0.1, 0.15) is 0 Å². The van der Waals surface area contributed by atoms with Crippen molar-refractivity contribution >= 4 is 28.7 Å². The maximum Gasteiger partial charge on any atom is 0.239 e. The maximum atomic E-state index is 11.4. The van der Waals surface area contributed by atoms with Crippen molar-refractivity contribution in [2.24, 2.45) is 4.99 Å². The van der Waals surface area contributed by atoms with Crippen LogP contribution in [-0.2, 0) is 4.79 Å². The Bertz CT molecular complexity index is 391. The van der Waals surface area contributed by atoms with E-state index < -0.39 is 0 Å². The van der Waals surface area contributed by atoms with Crippen LogP contribution in [0.5, 0.6) is 0 Å². The largest absolute Gasteiger partial charge is 0.291 e. The van der Waals surface area contributed by atoms with Crippen LogP contribution in [0.3, 0.4) is 0 Å². The Balaban J connectivity index is 2.24. The molecule has 1 aromatic rings. The first kappa shape index (κ1) is 10.2. The molecule has 1 fully saturated rings. The number of amides is 1. The summed E-state index contributed by atoms with van der Waals surface area (Å²) in [4.78, 5) is 21.5. The van der Waals surface area contributed by atoms with Crippen molar-refractivity contribution in [2.75, 3.05) is 12.3 Å². The van der Waals surface area contributed by atoms with E-state index in [-0.39, 0.29) is 5.91 Å². The first-order chi connectivity index (χ1) is 7.31. The van der Waals surface area contributed by atoms with E-state index in [1.165, 1.54) is 11.8 Å². The van der Waals surface area contributed by atoms with E-state index in [0.717, 1.165) is 5.17 Å². The van der Waals surface area contributed by atoms with E-state index in [0.29, 0.717) is 18.1 Å². The normalized spacial score (nSPS) is 18.9. The molecule has 5 heteroatoms. The van der Waals surface area contributed by atoms with Crippen LogP contribution in [0.25, 0.3) is 0 Å². The van der Waals surface area contributed by atoms with Crippen molar-refractivity contribution in [3.05, 3.63) is 24.4 Å². The summed E-state index contributed by atoms with van der Waals surface area (Å²) < 4.78 is 0. The molecular weight excluding hydrogens is 210 g/mol. The fourth-order valence-electron chi connectivity index (χ4n) is 1.31. The van der Waals surface area contributed by atoms with Crippen LogP contribution in [0.4, 0.5) is 5.82 Å². The standard InChI is InChI=1S/C10H11N3OS/c1-2-13-9(14)7-15-10(13)12-8-5-3-4-6-11-8/h3-6H,2,7H2,1H3. The lowest BCUT2D eigenvalue weighted by atomic mass is 10.5. The van der Waals surface area contributed by atoms with Crippen molar-refractivity contribution in [3.8, 4) is 0 Å². The molecule has 0 radical (unpaired) electrons. The molecule has 0 unspecified atom stereocenters. The number of aromatic nitrogens is 1. The smallest absolute Gasteiger partial charge is 0.239 e. The minimum atomic E-state index is 0.122. The topological polar surface area (TPSA) is 45.6 Å². The number of aliphatic imine (C=N–C) groups is 1. The number of hydrogen-bond acceptors (Lipinski definition) is 4. The summed E-state index contributed by atoms with van der Waals surface area (Å²) in [5, 5.41) is 0.751. The van der Waals surface area contributed by atoms with Gasteiger partial charge in [-0.05, 0) is 19.1 Å². The van der Waals surface area contributed by atoms with Gasteiger partial charge in [0.05, 0.1) is 5.75 Å². The molecule has 2 heterocycles. The SMILES string of the molecule is CCN1C(=O)CSC1=Nc1ccccn1. The first-order valence-corrected chi connectivity index (χ1v) is 5.72. The lowest BCUT2D eigenvalue weighted by Crippen LogP contribution is -2.28. The summed E-state index contributed by atoms with van der Waals surface area (Å²) in [6, 6.07) is 5.54. The van der Waals surface area contributed by atoms with Gasteiger partial charge in [0.15, 0.2) is 11.0 Å². The molecule has 0 bridgehead atoms. The van der Waals surface area contributed by atoms with Crippen molar-refractivity contribution in [2.45, 2.75) is 6.92 Å². The Kier molecular flexibility index (Phi) is 3.01. The zero-order chi connectivity index (χ0) is 10.7. The second-order valence-electron chi connectivity index (χ2n) is 3.01. The lowest BCUT2D eigenvalue weighted by molar-refractivity contribution is -0.123. The van der Waals surface area contributed by atoms with Crippen molar-refractivity contribution in [3.63, 3.8) is 0 Å². The van der Waals surface area contributed by atoms with Gasteiger partial charge in [0, 0.05) is 12.7 Å². The first-order valence-electron chi connectivity index (χ1n) is 4.74. The molecule has 1 aliphatic rings. The summed E-state index contributed by atoms with van der Waals surface area (Å²) in [7, 11) is 0. The highest BCUT2D eigenvalue weighted by atomic mass is 32.2. The molecule has 0 spiro atoms. The van der Waals surface area contributed by atoms with Crippen LogP contribution in [0.2, 0.25) is 0 Å². The van der Waals surface area contributed by atoms with Crippen molar-refractivity contribution in [1.29, 1.82) is 0 Å². The number of amidine groups is 1. The maximum absolute atomic E-state index is 11.4. The minimum Gasteiger partial charge on any atom is -0.291 e. The third-order valence-electron chi connectivity index (χ3n) is 2.03. The Hall–Kier alpha value is -1.36. The van der Waals surface area contributed by atoms with Crippen LogP contribution in [0.1, 0.15) is 6.92 Å². The Morgan fingerprint density at radius 2 is 2.47 bits per heavy atom.